The van der Waals surface area contributed by atoms with Crippen LogP contribution in [-0.2, 0) is 28.9 Å². The Morgan fingerprint density at radius 3 is 1.83 bits per heavy atom. The second-order valence-electron chi connectivity index (χ2n) is 6.63. The Labute approximate surface area is 172 Å². The van der Waals surface area contributed by atoms with Crippen molar-refractivity contribution in [3.05, 3.63) is 71.8 Å². The summed E-state index contributed by atoms with van der Waals surface area (Å²) in [7, 11) is -1.11. The molecule has 3 rings (SSSR count). The molecule has 0 spiro atoms. The van der Waals surface area contributed by atoms with Crippen molar-refractivity contribution in [3.8, 4) is 0 Å². The summed E-state index contributed by atoms with van der Waals surface area (Å²) in [4.78, 5) is 28.9. The van der Waals surface area contributed by atoms with Crippen LogP contribution in [-0.4, -0.2) is 45.8 Å². The van der Waals surface area contributed by atoms with E-state index in [1.165, 1.54) is 36.5 Å². The Bertz CT molecular complexity index is 1150. The van der Waals surface area contributed by atoms with Crippen LogP contribution in [0.5, 0.6) is 0 Å². The second kappa shape index (κ2) is 7.83. The number of carbonyl (C=O) groups excluding carboxylic acids is 2. The van der Waals surface area contributed by atoms with Gasteiger partial charge in [0.25, 0.3) is 0 Å². The van der Waals surface area contributed by atoms with Crippen LogP contribution in [0.1, 0.15) is 11.1 Å². The zero-order valence-electron chi connectivity index (χ0n) is 16.4. The Morgan fingerprint density at radius 2 is 1.40 bits per heavy atom. The molecule has 0 N–H and O–H groups in total. The molecule has 1 aliphatic carbocycles. The van der Waals surface area contributed by atoms with E-state index in [1.807, 2.05) is 0 Å². The first-order chi connectivity index (χ1) is 14.1. The highest BCUT2D eigenvalue weighted by Crippen LogP contribution is 2.45. The van der Waals surface area contributed by atoms with Crippen molar-refractivity contribution >= 4 is 32.9 Å². The topological polar surface area (TPSA) is 99.6 Å². The van der Waals surface area contributed by atoms with Crippen LogP contribution in [0.15, 0.2) is 59.6 Å². The van der Waals surface area contributed by atoms with Crippen molar-refractivity contribution in [3.63, 3.8) is 0 Å². The van der Waals surface area contributed by atoms with Gasteiger partial charge in [0.2, 0.25) is 11.4 Å². The van der Waals surface area contributed by atoms with Gasteiger partial charge in [0.1, 0.15) is 0 Å². The first kappa shape index (κ1) is 21.4. The number of nitrogens with zero attached hydrogens (tertiary/aromatic N) is 1. The zero-order valence-corrected chi connectivity index (χ0v) is 17.2. The van der Waals surface area contributed by atoms with Crippen molar-refractivity contribution in [2.45, 2.75) is 4.90 Å². The number of pyridine rings is 1. The van der Waals surface area contributed by atoms with E-state index >= 15 is 0 Å². The van der Waals surface area contributed by atoms with Gasteiger partial charge in [0.15, 0.2) is 9.84 Å². The highest BCUT2D eigenvalue weighted by molar-refractivity contribution is 7.90. The molecule has 0 unspecified atom stereocenters. The number of halogens is 1. The highest BCUT2D eigenvalue weighted by atomic mass is 32.2. The normalized spacial score (nSPS) is 15.2. The van der Waals surface area contributed by atoms with Gasteiger partial charge in [-0.3, -0.25) is 9.59 Å². The Morgan fingerprint density at radius 1 is 0.900 bits per heavy atom. The quantitative estimate of drug-likeness (QED) is 0.407. The lowest BCUT2D eigenvalue weighted by molar-refractivity contribution is -0.161. The van der Waals surface area contributed by atoms with E-state index in [-0.39, 0.29) is 4.90 Å². The number of rotatable bonds is 5. The van der Waals surface area contributed by atoms with Gasteiger partial charge in [-0.1, -0.05) is 12.1 Å². The number of sulfone groups is 1. The van der Waals surface area contributed by atoms with E-state index in [1.54, 1.807) is 12.1 Å². The van der Waals surface area contributed by atoms with Crippen LogP contribution in [0, 0.1) is 11.4 Å². The molecule has 1 aromatic heterocycles. The van der Waals surface area contributed by atoms with Gasteiger partial charge in [-0.2, -0.15) is 4.39 Å². The van der Waals surface area contributed by atoms with E-state index in [4.69, 9.17) is 9.47 Å². The maximum Gasteiger partial charge on any atom is 0.331 e. The summed E-state index contributed by atoms with van der Waals surface area (Å²) in [5.74, 6) is -2.40. The molecule has 2 aromatic rings. The summed E-state index contributed by atoms with van der Waals surface area (Å²) in [5, 5.41) is 0. The fourth-order valence-corrected chi connectivity index (χ4v) is 3.83. The Hall–Kier alpha value is -3.33. The standard InChI is InChI=1S/C21H18FNO6S/c1-28-19(24)21(20(25)29-2)10-16(13-4-7-15(8-5-13)30(3,26)27)17(11-21)14-6-9-18(22)23-12-14/h4-12H,1-3H3. The largest absolute Gasteiger partial charge is 0.468 e. The lowest BCUT2D eigenvalue weighted by Crippen LogP contribution is -2.36. The molecule has 1 aliphatic rings. The smallest absolute Gasteiger partial charge is 0.331 e. The number of hydrogen-bond acceptors (Lipinski definition) is 7. The van der Waals surface area contributed by atoms with E-state index in [9.17, 15) is 22.4 Å². The van der Waals surface area contributed by atoms with Crippen LogP contribution in [0.3, 0.4) is 0 Å². The van der Waals surface area contributed by atoms with Gasteiger partial charge in [-0.25, -0.2) is 13.4 Å². The molecule has 0 saturated heterocycles. The van der Waals surface area contributed by atoms with E-state index < -0.39 is 33.1 Å². The fraction of sp³-hybridized carbons (Fsp3) is 0.190. The number of hydrogen-bond donors (Lipinski definition) is 0. The van der Waals surface area contributed by atoms with Gasteiger partial charge in [-0.15, -0.1) is 0 Å². The average Bonchev–Trinajstić information content (AvgIpc) is 3.14. The summed E-state index contributed by atoms with van der Waals surface area (Å²) in [6.45, 7) is 0. The first-order valence-electron chi connectivity index (χ1n) is 8.67. The SMILES string of the molecule is COC(=O)C1(C(=O)OC)C=C(c2ccc(S(C)(=O)=O)cc2)C(c2ccc(F)nc2)=C1. The minimum Gasteiger partial charge on any atom is -0.468 e. The monoisotopic (exact) mass is 431 g/mol. The van der Waals surface area contributed by atoms with Gasteiger partial charge in [-0.05, 0) is 53.1 Å². The minimum absolute atomic E-state index is 0.117. The van der Waals surface area contributed by atoms with Crippen molar-refractivity contribution in [2.75, 3.05) is 20.5 Å². The predicted molar refractivity (Wildman–Crippen MR) is 106 cm³/mol. The molecule has 0 atom stereocenters. The molecular formula is C21H18FNO6S. The molecule has 1 aromatic carbocycles. The summed E-state index contributed by atoms with van der Waals surface area (Å²) < 4.78 is 46.5. The second-order valence-corrected chi connectivity index (χ2v) is 8.65. The number of benzene rings is 1. The van der Waals surface area contributed by atoms with Crippen molar-refractivity contribution in [1.29, 1.82) is 0 Å². The van der Waals surface area contributed by atoms with Crippen LogP contribution >= 0.6 is 0 Å². The number of allylic oxidation sites excluding steroid dienone is 2. The summed E-state index contributed by atoms with van der Waals surface area (Å²) in [6.07, 6.45) is 5.12. The lowest BCUT2D eigenvalue weighted by Gasteiger charge is -2.18. The molecular weight excluding hydrogens is 413 g/mol. The highest BCUT2D eigenvalue weighted by Gasteiger charge is 2.49. The molecule has 156 valence electrons. The molecule has 0 fully saturated rings. The Kier molecular flexibility index (Phi) is 5.58. The zero-order chi connectivity index (χ0) is 22.1. The van der Waals surface area contributed by atoms with E-state index in [0.29, 0.717) is 22.3 Å². The first-order valence-corrected chi connectivity index (χ1v) is 10.6. The number of aromatic nitrogens is 1. The number of carbonyl (C=O) groups is 2. The third kappa shape index (κ3) is 3.76. The number of esters is 2. The maximum atomic E-state index is 13.3. The van der Waals surface area contributed by atoms with Crippen LogP contribution in [0.4, 0.5) is 4.39 Å². The molecule has 1 heterocycles. The summed E-state index contributed by atoms with van der Waals surface area (Å²) in [5.41, 5.74) is -0.000223. The van der Waals surface area contributed by atoms with Crippen LogP contribution in [0.2, 0.25) is 0 Å². The molecule has 0 aliphatic heterocycles. The average molecular weight is 431 g/mol. The van der Waals surface area contributed by atoms with Gasteiger partial charge in [0, 0.05) is 18.0 Å². The van der Waals surface area contributed by atoms with Crippen LogP contribution < -0.4 is 0 Å². The van der Waals surface area contributed by atoms with E-state index in [2.05, 4.69) is 4.98 Å². The molecule has 7 nitrogen and oxygen atoms in total. The molecule has 0 amide bonds. The molecule has 9 heteroatoms. The summed E-state index contributed by atoms with van der Waals surface area (Å²) >= 11 is 0. The number of ether oxygens (including phenoxy) is 2. The maximum absolute atomic E-state index is 13.3. The third-order valence-corrected chi connectivity index (χ3v) is 5.84. The van der Waals surface area contributed by atoms with Crippen molar-refractivity contribution in [2.24, 2.45) is 5.41 Å². The van der Waals surface area contributed by atoms with Gasteiger partial charge in [0.05, 0.1) is 19.1 Å². The molecule has 0 bridgehead atoms. The number of methoxy groups -OCH3 is 2. The van der Waals surface area contributed by atoms with Crippen LogP contribution in [0.25, 0.3) is 11.1 Å². The van der Waals surface area contributed by atoms with E-state index in [0.717, 1.165) is 26.5 Å². The lowest BCUT2D eigenvalue weighted by atomic mass is 9.89. The minimum atomic E-state index is -3.41. The van der Waals surface area contributed by atoms with Gasteiger partial charge >= 0.3 is 11.9 Å². The third-order valence-electron chi connectivity index (χ3n) is 4.71. The predicted octanol–water partition coefficient (Wildman–Crippen LogP) is 2.44. The van der Waals surface area contributed by atoms with Gasteiger partial charge < -0.3 is 9.47 Å². The molecule has 0 saturated carbocycles. The summed E-state index contributed by atoms with van der Waals surface area (Å²) in [6, 6.07) is 8.55. The molecule has 0 radical (unpaired) electrons. The van der Waals surface area contributed by atoms with Crippen molar-refractivity contribution in [1.82, 2.24) is 4.98 Å². The molecule has 30 heavy (non-hydrogen) atoms. The fourth-order valence-electron chi connectivity index (χ4n) is 3.20. The van der Waals surface area contributed by atoms with Crippen molar-refractivity contribution < 1.29 is 31.9 Å². The Balaban J connectivity index is 2.23.